The minimum atomic E-state index is 0.637. The minimum Gasteiger partial charge on any atom is -0.384 e. The van der Waals surface area contributed by atoms with Crippen molar-refractivity contribution in [2.24, 2.45) is 5.92 Å². The molecule has 0 fully saturated rings. The number of nitrogens with zero attached hydrogens (tertiary/aromatic N) is 1. The third-order valence-corrected chi connectivity index (χ3v) is 3.23. The summed E-state index contributed by atoms with van der Waals surface area (Å²) >= 11 is 0. The van der Waals surface area contributed by atoms with E-state index in [1.54, 1.807) is 0 Å². The highest BCUT2D eigenvalue weighted by Crippen LogP contribution is 2.08. The van der Waals surface area contributed by atoms with Crippen LogP contribution >= 0.6 is 0 Å². The Morgan fingerprint density at radius 3 is 2.31 bits per heavy atom. The van der Waals surface area contributed by atoms with E-state index >= 15 is 0 Å². The predicted molar refractivity (Wildman–Crippen MR) is 71.9 cm³/mol. The average molecular weight is 220 g/mol. The summed E-state index contributed by atoms with van der Waals surface area (Å²) in [7, 11) is 2.19. The molecule has 2 nitrogen and oxygen atoms in total. The van der Waals surface area contributed by atoms with Gasteiger partial charge in [0.2, 0.25) is 0 Å². The summed E-state index contributed by atoms with van der Waals surface area (Å²) < 4.78 is 0. The summed E-state index contributed by atoms with van der Waals surface area (Å²) in [6.07, 6.45) is 0. The van der Waals surface area contributed by atoms with Crippen molar-refractivity contribution in [3.8, 4) is 0 Å². The lowest BCUT2D eigenvalue weighted by atomic mass is 10.1. The number of benzene rings is 1. The van der Waals surface area contributed by atoms with Gasteiger partial charge in [-0.25, -0.2) is 0 Å². The molecule has 1 unspecified atom stereocenters. The zero-order valence-electron chi connectivity index (χ0n) is 10.9. The van der Waals surface area contributed by atoms with Crippen molar-refractivity contribution in [1.29, 1.82) is 0 Å². The van der Waals surface area contributed by atoms with Crippen LogP contribution in [0.15, 0.2) is 30.3 Å². The molecule has 0 bridgehead atoms. The zero-order valence-corrected chi connectivity index (χ0v) is 10.9. The van der Waals surface area contributed by atoms with Crippen LogP contribution in [0.4, 0.5) is 5.69 Å². The summed E-state index contributed by atoms with van der Waals surface area (Å²) in [5, 5.41) is 3.43. The number of anilines is 1. The Morgan fingerprint density at radius 1 is 1.12 bits per heavy atom. The first-order valence-corrected chi connectivity index (χ1v) is 6.10. The van der Waals surface area contributed by atoms with E-state index in [9.17, 15) is 0 Å². The predicted octanol–water partition coefficient (Wildman–Crippen LogP) is 3.07. The first-order chi connectivity index (χ1) is 7.61. The van der Waals surface area contributed by atoms with E-state index in [0.29, 0.717) is 12.0 Å². The lowest BCUT2D eigenvalue weighted by Crippen LogP contribution is -2.36. The van der Waals surface area contributed by atoms with Crippen LogP contribution in [0.3, 0.4) is 0 Å². The largest absolute Gasteiger partial charge is 0.384 e. The van der Waals surface area contributed by atoms with Crippen LogP contribution in [0.5, 0.6) is 0 Å². The van der Waals surface area contributed by atoms with Crippen molar-refractivity contribution in [2.75, 3.05) is 25.5 Å². The van der Waals surface area contributed by atoms with Gasteiger partial charge in [-0.05, 0) is 32.0 Å². The lowest BCUT2D eigenvalue weighted by Gasteiger charge is -2.27. The van der Waals surface area contributed by atoms with E-state index in [4.69, 9.17) is 0 Å². The van der Waals surface area contributed by atoms with Gasteiger partial charge in [-0.1, -0.05) is 32.0 Å². The molecule has 0 radical (unpaired) electrons. The van der Waals surface area contributed by atoms with Crippen LogP contribution in [0.25, 0.3) is 0 Å². The van der Waals surface area contributed by atoms with Crippen molar-refractivity contribution >= 4 is 5.69 Å². The molecule has 0 spiro atoms. The molecule has 0 aliphatic rings. The molecule has 0 amide bonds. The first-order valence-electron chi connectivity index (χ1n) is 6.10. The summed E-state index contributed by atoms with van der Waals surface area (Å²) in [5.41, 5.74) is 1.20. The molecule has 0 aliphatic carbocycles. The summed E-state index contributed by atoms with van der Waals surface area (Å²) in [6.45, 7) is 8.90. The summed E-state index contributed by atoms with van der Waals surface area (Å²) in [5.74, 6) is 0.710. The minimum absolute atomic E-state index is 0.637. The quantitative estimate of drug-likeness (QED) is 0.792. The second-order valence-corrected chi connectivity index (χ2v) is 4.76. The fraction of sp³-hybridized carbons (Fsp3) is 0.571. The van der Waals surface area contributed by atoms with Gasteiger partial charge in [-0.3, -0.25) is 0 Å². The average Bonchev–Trinajstić information content (AvgIpc) is 2.29. The fourth-order valence-electron chi connectivity index (χ4n) is 1.65. The van der Waals surface area contributed by atoms with Crippen molar-refractivity contribution in [1.82, 2.24) is 4.90 Å². The van der Waals surface area contributed by atoms with Gasteiger partial charge in [0.1, 0.15) is 0 Å². The number of nitrogens with one attached hydrogen (secondary N) is 1. The molecule has 0 saturated carbocycles. The Morgan fingerprint density at radius 2 is 1.75 bits per heavy atom. The summed E-state index contributed by atoms with van der Waals surface area (Å²) in [6, 6.07) is 11.0. The van der Waals surface area contributed by atoms with Crippen LogP contribution in [0.1, 0.15) is 20.8 Å². The highest BCUT2D eigenvalue weighted by Gasteiger charge is 2.11. The van der Waals surface area contributed by atoms with Crippen molar-refractivity contribution in [2.45, 2.75) is 26.8 Å². The standard InChI is InChI=1S/C14H24N2/c1-12(2)13(3)16(4)11-10-15-14-8-6-5-7-9-14/h5-9,12-13,15H,10-11H2,1-4H3. The van der Waals surface area contributed by atoms with Crippen molar-refractivity contribution in [3.63, 3.8) is 0 Å². The van der Waals surface area contributed by atoms with Gasteiger partial charge in [-0.2, -0.15) is 0 Å². The lowest BCUT2D eigenvalue weighted by molar-refractivity contribution is 0.215. The zero-order chi connectivity index (χ0) is 12.0. The molecule has 1 atom stereocenters. The van der Waals surface area contributed by atoms with E-state index in [0.717, 1.165) is 13.1 Å². The highest BCUT2D eigenvalue weighted by atomic mass is 15.1. The molecule has 1 N–H and O–H groups in total. The maximum atomic E-state index is 3.43. The maximum absolute atomic E-state index is 3.43. The van der Waals surface area contributed by atoms with Crippen molar-refractivity contribution < 1.29 is 0 Å². The summed E-state index contributed by atoms with van der Waals surface area (Å²) in [4.78, 5) is 2.40. The van der Waals surface area contributed by atoms with Gasteiger partial charge < -0.3 is 10.2 Å². The Kier molecular flexibility index (Phi) is 5.33. The Bertz CT molecular complexity index is 282. The highest BCUT2D eigenvalue weighted by molar-refractivity contribution is 5.42. The number of hydrogen-bond acceptors (Lipinski definition) is 2. The second-order valence-electron chi connectivity index (χ2n) is 4.76. The fourth-order valence-corrected chi connectivity index (χ4v) is 1.65. The van der Waals surface area contributed by atoms with Gasteiger partial charge in [-0.15, -0.1) is 0 Å². The first kappa shape index (κ1) is 13.0. The SMILES string of the molecule is CC(C)C(C)N(C)CCNc1ccccc1. The van der Waals surface area contributed by atoms with Gasteiger partial charge in [0.05, 0.1) is 0 Å². The van der Waals surface area contributed by atoms with Gasteiger partial charge >= 0.3 is 0 Å². The molecule has 0 saturated heterocycles. The second kappa shape index (κ2) is 6.54. The van der Waals surface area contributed by atoms with E-state index in [-0.39, 0.29) is 0 Å². The van der Waals surface area contributed by atoms with Crippen LogP contribution in [-0.4, -0.2) is 31.1 Å². The molecule has 1 rings (SSSR count). The molecule has 1 aromatic rings. The normalized spacial score (nSPS) is 13.1. The molecule has 0 heterocycles. The third-order valence-electron chi connectivity index (χ3n) is 3.23. The van der Waals surface area contributed by atoms with Gasteiger partial charge in [0, 0.05) is 24.8 Å². The Labute approximate surface area is 99.7 Å². The molecule has 1 aromatic carbocycles. The molecule has 2 heteroatoms. The van der Waals surface area contributed by atoms with Crippen LogP contribution in [0.2, 0.25) is 0 Å². The smallest absolute Gasteiger partial charge is 0.0340 e. The van der Waals surface area contributed by atoms with Crippen LogP contribution < -0.4 is 5.32 Å². The molecular formula is C14H24N2. The Balaban J connectivity index is 2.25. The number of para-hydroxylation sites is 1. The van der Waals surface area contributed by atoms with Crippen molar-refractivity contribution in [3.05, 3.63) is 30.3 Å². The van der Waals surface area contributed by atoms with Crippen LogP contribution in [0, 0.1) is 5.92 Å². The number of rotatable bonds is 6. The molecule has 0 aromatic heterocycles. The van der Waals surface area contributed by atoms with Gasteiger partial charge in [0.15, 0.2) is 0 Å². The van der Waals surface area contributed by atoms with E-state index < -0.39 is 0 Å². The molecule has 0 aliphatic heterocycles. The van der Waals surface area contributed by atoms with E-state index in [1.807, 2.05) is 6.07 Å². The van der Waals surface area contributed by atoms with E-state index in [2.05, 4.69) is 62.3 Å². The maximum Gasteiger partial charge on any atom is 0.0340 e. The number of likely N-dealkylation sites (N-methyl/N-ethyl adjacent to an activating group) is 1. The Hall–Kier alpha value is -1.02. The van der Waals surface area contributed by atoms with E-state index in [1.165, 1.54) is 5.69 Å². The third kappa shape index (κ3) is 4.23. The topological polar surface area (TPSA) is 15.3 Å². The molecule has 90 valence electrons. The monoisotopic (exact) mass is 220 g/mol. The number of hydrogen-bond donors (Lipinski definition) is 1. The molecular weight excluding hydrogens is 196 g/mol. The van der Waals surface area contributed by atoms with Gasteiger partial charge in [0.25, 0.3) is 0 Å². The molecule has 16 heavy (non-hydrogen) atoms. The van der Waals surface area contributed by atoms with Crippen LogP contribution in [-0.2, 0) is 0 Å².